The zero-order chi connectivity index (χ0) is 15.5. The maximum Gasteiger partial charge on any atom is 0.408 e. The molecule has 0 unspecified atom stereocenters. The highest BCUT2D eigenvalue weighted by molar-refractivity contribution is 5.17. The van der Waals surface area contributed by atoms with Crippen molar-refractivity contribution in [2.75, 3.05) is 0 Å². The predicted octanol–water partition coefficient (Wildman–Crippen LogP) is 3.01. The number of benzene rings is 1. The molecule has 1 aromatic carbocycles. The molecule has 0 fully saturated rings. The van der Waals surface area contributed by atoms with Crippen LogP contribution in [-0.2, 0) is 19.6 Å². The Morgan fingerprint density at radius 2 is 1.71 bits per heavy atom. The van der Waals surface area contributed by atoms with E-state index >= 15 is 0 Å². The lowest BCUT2D eigenvalue weighted by molar-refractivity contribution is -0.142. The highest BCUT2D eigenvalue weighted by Gasteiger charge is 2.28. The molecule has 0 bridgehead atoms. The molecular weight excluding hydrogens is 293 g/mol. The normalized spacial score (nSPS) is 11.9. The third-order valence-corrected chi connectivity index (χ3v) is 2.59. The van der Waals surface area contributed by atoms with Crippen LogP contribution in [0.1, 0.15) is 11.3 Å². The third-order valence-electron chi connectivity index (χ3n) is 2.59. The van der Waals surface area contributed by atoms with E-state index < -0.39 is 24.4 Å². The van der Waals surface area contributed by atoms with Crippen LogP contribution in [0.25, 0.3) is 0 Å². The Hall–Kier alpha value is -1.96. The van der Waals surface area contributed by atoms with Crippen LogP contribution in [-0.4, -0.2) is 16.0 Å². The van der Waals surface area contributed by atoms with Crippen LogP contribution in [0.5, 0.6) is 0 Å². The van der Waals surface area contributed by atoms with Crippen LogP contribution in [0.3, 0.4) is 0 Å². The fraction of sp³-hybridized carbons (Fsp3) is 0.308. The van der Waals surface area contributed by atoms with E-state index in [1.54, 1.807) is 0 Å². The summed E-state index contributed by atoms with van der Waals surface area (Å²) in [6.07, 6.45) is -3.10. The van der Waals surface area contributed by atoms with Gasteiger partial charge >= 0.3 is 6.18 Å². The van der Waals surface area contributed by atoms with E-state index in [2.05, 4.69) is 10.4 Å². The van der Waals surface area contributed by atoms with Gasteiger partial charge in [-0.2, -0.15) is 18.3 Å². The van der Waals surface area contributed by atoms with E-state index in [0.29, 0.717) is 11.3 Å². The van der Waals surface area contributed by atoms with Gasteiger partial charge in [-0.25, -0.2) is 8.78 Å². The van der Waals surface area contributed by atoms with E-state index in [0.717, 1.165) is 10.7 Å². The van der Waals surface area contributed by atoms with E-state index in [1.165, 1.54) is 24.4 Å². The van der Waals surface area contributed by atoms with Crippen LogP contribution in [0.2, 0.25) is 0 Å². The summed E-state index contributed by atoms with van der Waals surface area (Å²) < 4.78 is 63.1. The molecule has 0 spiro atoms. The molecule has 8 heteroatoms. The van der Waals surface area contributed by atoms with Crippen LogP contribution in [0, 0.1) is 11.6 Å². The number of alkyl halides is 3. The molecule has 1 N–H and O–H groups in total. The van der Waals surface area contributed by atoms with E-state index in [1.807, 2.05) is 0 Å². The van der Waals surface area contributed by atoms with Gasteiger partial charge in [0.1, 0.15) is 18.2 Å². The van der Waals surface area contributed by atoms with Crippen LogP contribution >= 0.6 is 0 Å². The van der Waals surface area contributed by atoms with Crippen molar-refractivity contribution in [3.05, 3.63) is 53.4 Å². The van der Waals surface area contributed by atoms with Gasteiger partial charge < -0.3 is 5.32 Å². The fourth-order valence-electron chi connectivity index (χ4n) is 1.82. The van der Waals surface area contributed by atoms with Gasteiger partial charge in [0.25, 0.3) is 0 Å². The Bertz CT molecular complexity index is 586. The van der Waals surface area contributed by atoms with Crippen molar-refractivity contribution in [1.29, 1.82) is 0 Å². The van der Waals surface area contributed by atoms with Crippen LogP contribution in [0.4, 0.5) is 22.0 Å². The summed E-state index contributed by atoms with van der Waals surface area (Å²) in [4.78, 5) is 0. The molecule has 3 nitrogen and oxygen atoms in total. The number of hydrogen-bond donors (Lipinski definition) is 1. The number of rotatable bonds is 5. The minimum atomic E-state index is -4.32. The number of aromatic nitrogens is 2. The molecule has 2 rings (SSSR count). The van der Waals surface area contributed by atoms with Gasteiger partial charge in [0.2, 0.25) is 0 Å². The van der Waals surface area contributed by atoms with Crippen molar-refractivity contribution >= 4 is 0 Å². The second-order valence-electron chi connectivity index (χ2n) is 4.50. The predicted molar refractivity (Wildman–Crippen MR) is 65.2 cm³/mol. The van der Waals surface area contributed by atoms with Gasteiger partial charge in [0.15, 0.2) is 0 Å². The molecule has 0 aliphatic carbocycles. The molecule has 0 atom stereocenters. The molecule has 21 heavy (non-hydrogen) atoms. The molecule has 0 radical (unpaired) electrons. The molecule has 0 aliphatic rings. The average Bonchev–Trinajstić information content (AvgIpc) is 2.73. The minimum Gasteiger partial charge on any atom is -0.307 e. The molecule has 0 aliphatic heterocycles. The number of halogens is 5. The zero-order valence-corrected chi connectivity index (χ0v) is 10.8. The molecule has 2 aromatic rings. The first-order valence-electron chi connectivity index (χ1n) is 6.06. The highest BCUT2D eigenvalue weighted by atomic mass is 19.4. The SMILES string of the molecule is Fc1cc(F)cc(CNCc2ccn(CC(F)(F)F)n2)c1. The topological polar surface area (TPSA) is 29.9 Å². The van der Waals surface area contributed by atoms with Gasteiger partial charge in [-0.05, 0) is 23.8 Å². The molecule has 1 heterocycles. The van der Waals surface area contributed by atoms with Crippen molar-refractivity contribution in [1.82, 2.24) is 15.1 Å². The Labute approximate surface area is 117 Å². The van der Waals surface area contributed by atoms with Crippen molar-refractivity contribution < 1.29 is 22.0 Å². The van der Waals surface area contributed by atoms with Crippen LogP contribution in [0.15, 0.2) is 30.5 Å². The van der Waals surface area contributed by atoms with Gasteiger partial charge in [-0.1, -0.05) is 0 Å². The summed E-state index contributed by atoms with van der Waals surface area (Å²) in [5, 5.41) is 6.61. The summed E-state index contributed by atoms with van der Waals surface area (Å²) in [5.74, 6) is -1.36. The minimum absolute atomic E-state index is 0.181. The number of nitrogens with one attached hydrogen (secondary N) is 1. The largest absolute Gasteiger partial charge is 0.408 e. The Morgan fingerprint density at radius 1 is 1.05 bits per heavy atom. The lowest BCUT2D eigenvalue weighted by atomic mass is 10.2. The Morgan fingerprint density at radius 3 is 2.33 bits per heavy atom. The lowest BCUT2D eigenvalue weighted by Gasteiger charge is -2.06. The summed E-state index contributed by atoms with van der Waals surface area (Å²) in [7, 11) is 0. The molecule has 0 amide bonds. The van der Waals surface area contributed by atoms with Gasteiger partial charge in [-0.3, -0.25) is 4.68 Å². The molecular formula is C13H12F5N3. The summed E-state index contributed by atoms with van der Waals surface area (Å²) in [6, 6.07) is 4.57. The first-order chi connectivity index (χ1) is 9.82. The van der Waals surface area contributed by atoms with Gasteiger partial charge in [-0.15, -0.1) is 0 Å². The smallest absolute Gasteiger partial charge is 0.307 e. The van der Waals surface area contributed by atoms with E-state index in [4.69, 9.17) is 0 Å². The molecule has 114 valence electrons. The summed E-state index contributed by atoms with van der Waals surface area (Å²) in [6.45, 7) is -0.772. The van der Waals surface area contributed by atoms with Crippen molar-refractivity contribution in [3.63, 3.8) is 0 Å². The van der Waals surface area contributed by atoms with Crippen LogP contribution < -0.4 is 5.32 Å². The second kappa shape index (κ2) is 6.21. The number of nitrogens with zero attached hydrogens (tertiary/aromatic N) is 2. The maximum absolute atomic E-state index is 12.9. The highest BCUT2D eigenvalue weighted by Crippen LogP contribution is 2.16. The van der Waals surface area contributed by atoms with E-state index in [9.17, 15) is 22.0 Å². The first kappa shape index (κ1) is 15.4. The molecule has 0 saturated heterocycles. The lowest BCUT2D eigenvalue weighted by Crippen LogP contribution is -2.19. The molecule has 1 aromatic heterocycles. The van der Waals surface area contributed by atoms with E-state index in [-0.39, 0.29) is 13.1 Å². The van der Waals surface area contributed by atoms with Gasteiger partial charge in [0, 0.05) is 25.4 Å². The Kier molecular flexibility index (Phi) is 4.56. The van der Waals surface area contributed by atoms with Crippen molar-refractivity contribution in [2.45, 2.75) is 25.8 Å². The Balaban J connectivity index is 1.86. The summed E-state index contributed by atoms with van der Waals surface area (Å²) in [5.41, 5.74) is 0.818. The fourth-order valence-corrected chi connectivity index (χ4v) is 1.82. The first-order valence-corrected chi connectivity index (χ1v) is 6.06. The number of hydrogen-bond acceptors (Lipinski definition) is 2. The van der Waals surface area contributed by atoms with Crippen molar-refractivity contribution in [3.8, 4) is 0 Å². The average molecular weight is 305 g/mol. The second-order valence-corrected chi connectivity index (χ2v) is 4.50. The van der Waals surface area contributed by atoms with Gasteiger partial charge in [0.05, 0.1) is 5.69 Å². The third kappa shape index (κ3) is 5.14. The van der Waals surface area contributed by atoms with Crippen molar-refractivity contribution in [2.24, 2.45) is 0 Å². The maximum atomic E-state index is 12.9. The quantitative estimate of drug-likeness (QED) is 0.861. The summed E-state index contributed by atoms with van der Waals surface area (Å²) >= 11 is 0. The standard InChI is InChI=1S/C13H12F5N3/c14-10-3-9(4-11(15)5-10)6-19-7-12-1-2-21(20-12)8-13(16,17)18/h1-5,19H,6-8H2. The molecule has 0 saturated carbocycles. The monoisotopic (exact) mass is 305 g/mol. The zero-order valence-electron chi connectivity index (χ0n) is 10.8.